The SMILES string of the molecule is CCN(CCO)CC(=O)Nc1ccccc1N. The molecule has 0 unspecified atom stereocenters. The number of hydrogen-bond donors (Lipinski definition) is 3. The molecule has 4 N–H and O–H groups in total. The Morgan fingerprint density at radius 2 is 2.18 bits per heavy atom. The van der Waals surface area contributed by atoms with E-state index >= 15 is 0 Å². The number of likely N-dealkylation sites (N-methyl/N-ethyl adjacent to an activating group) is 1. The van der Waals surface area contributed by atoms with E-state index in [1.165, 1.54) is 0 Å². The lowest BCUT2D eigenvalue weighted by molar-refractivity contribution is -0.117. The quantitative estimate of drug-likeness (QED) is 0.630. The van der Waals surface area contributed by atoms with Gasteiger partial charge in [-0.25, -0.2) is 0 Å². The van der Waals surface area contributed by atoms with Gasteiger partial charge in [0.2, 0.25) is 5.91 Å². The molecule has 5 heteroatoms. The molecular formula is C12H19N3O2. The fourth-order valence-electron chi connectivity index (χ4n) is 1.49. The van der Waals surface area contributed by atoms with Gasteiger partial charge in [-0.1, -0.05) is 19.1 Å². The summed E-state index contributed by atoms with van der Waals surface area (Å²) in [5, 5.41) is 11.6. The number of nitrogens with one attached hydrogen (secondary N) is 1. The van der Waals surface area contributed by atoms with Gasteiger partial charge in [-0.05, 0) is 18.7 Å². The van der Waals surface area contributed by atoms with Crippen molar-refractivity contribution in [3.63, 3.8) is 0 Å². The molecule has 0 heterocycles. The largest absolute Gasteiger partial charge is 0.397 e. The minimum Gasteiger partial charge on any atom is -0.397 e. The maximum atomic E-state index is 11.7. The van der Waals surface area contributed by atoms with Gasteiger partial charge in [-0.15, -0.1) is 0 Å². The molecule has 1 aromatic rings. The fourth-order valence-corrected chi connectivity index (χ4v) is 1.49. The number of para-hydroxylation sites is 2. The van der Waals surface area contributed by atoms with Gasteiger partial charge in [-0.2, -0.15) is 0 Å². The molecule has 0 aliphatic carbocycles. The Labute approximate surface area is 101 Å². The summed E-state index contributed by atoms with van der Waals surface area (Å²) in [6.07, 6.45) is 0. The van der Waals surface area contributed by atoms with Crippen molar-refractivity contribution >= 4 is 17.3 Å². The van der Waals surface area contributed by atoms with Crippen LogP contribution in [0.25, 0.3) is 0 Å². The maximum absolute atomic E-state index is 11.7. The van der Waals surface area contributed by atoms with E-state index in [2.05, 4.69) is 5.32 Å². The van der Waals surface area contributed by atoms with E-state index in [9.17, 15) is 4.79 Å². The molecule has 5 nitrogen and oxygen atoms in total. The molecular weight excluding hydrogens is 218 g/mol. The molecule has 0 spiro atoms. The molecule has 0 saturated carbocycles. The van der Waals surface area contributed by atoms with Crippen molar-refractivity contribution < 1.29 is 9.90 Å². The minimum atomic E-state index is -0.127. The zero-order valence-corrected chi connectivity index (χ0v) is 10.0. The number of carbonyl (C=O) groups excluding carboxylic acids is 1. The first-order valence-electron chi connectivity index (χ1n) is 5.65. The van der Waals surface area contributed by atoms with Crippen LogP contribution >= 0.6 is 0 Å². The molecule has 0 radical (unpaired) electrons. The van der Waals surface area contributed by atoms with Crippen LogP contribution in [0.4, 0.5) is 11.4 Å². The second-order valence-electron chi connectivity index (χ2n) is 3.73. The molecule has 0 bridgehead atoms. The second-order valence-corrected chi connectivity index (χ2v) is 3.73. The summed E-state index contributed by atoms with van der Waals surface area (Å²) in [6.45, 7) is 3.46. The first-order valence-corrected chi connectivity index (χ1v) is 5.65. The molecule has 0 saturated heterocycles. The highest BCUT2D eigenvalue weighted by molar-refractivity contribution is 5.95. The lowest BCUT2D eigenvalue weighted by atomic mass is 10.2. The van der Waals surface area contributed by atoms with Crippen molar-refractivity contribution in [2.24, 2.45) is 0 Å². The first-order chi connectivity index (χ1) is 8.17. The number of aliphatic hydroxyl groups is 1. The summed E-state index contributed by atoms with van der Waals surface area (Å²) in [5.41, 5.74) is 6.89. The summed E-state index contributed by atoms with van der Waals surface area (Å²) < 4.78 is 0. The summed E-state index contributed by atoms with van der Waals surface area (Å²) in [5.74, 6) is -0.127. The molecule has 0 atom stereocenters. The lowest BCUT2D eigenvalue weighted by Gasteiger charge is -2.18. The van der Waals surface area contributed by atoms with Crippen molar-refractivity contribution in [2.75, 3.05) is 37.3 Å². The number of hydrogen-bond acceptors (Lipinski definition) is 4. The average Bonchev–Trinajstić information content (AvgIpc) is 2.31. The Hall–Kier alpha value is -1.59. The van der Waals surface area contributed by atoms with Crippen molar-refractivity contribution in [1.29, 1.82) is 0 Å². The smallest absolute Gasteiger partial charge is 0.238 e. The zero-order valence-electron chi connectivity index (χ0n) is 10.0. The highest BCUT2D eigenvalue weighted by Crippen LogP contribution is 2.16. The monoisotopic (exact) mass is 237 g/mol. The van der Waals surface area contributed by atoms with Crippen molar-refractivity contribution in [2.45, 2.75) is 6.92 Å². The third-order valence-corrected chi connectivity index (χ3v) is 2.47. The number of nitrogen functional groups attached to an aromatic ring is 1. The Bertz CT molecular complexity index is 369. The molecule has 0 fully saturated rings. The van der Waals surface area contributed by atoms with E-state index in [1.54, 1.807) is 12.1 Å². The van der Waals surface area contributed by atoms with Gasteiger partial charge in [-0.3, -0.25) is 9.69 Å². The van der Waals surface area contributed by atoms with Crippen LogP contribution in [-0.4, -0.2) is 42.2 Å². The Kier molecular flexibility index (Phi) is 5.45. The standard InChI is InChI=1S/C12H19N3O2/c1-2-15(7-8-16)9-12(17)14-11-6-4-3-5-10(11)13/h3-6,16H,2,7-9,13H2,1H3,(H,14,17). The van der Waals surface area contributed by atoms with Crippen molar-refractivity contribution in [1.82, 2.24) is 4.90 Å². The number of aliphatic hydroxyl groups excluding tert-OH is 1. The van der Waals surface area contributed by atoms with Crippen LogP contribution in [0.5, 0.6) is 0 Å². The van der Waals surface area contributed by atoms with Crippen LogP contribution < -0.4 is 11.1 Å². The van der Waals surface area contributed by atoms with Gasteiger partial charge in [0.05, 0.1) is 24.5 Å². The van der Waals surface area contributed by atoms with Crippen LogP contribution in [0.1, 0.15) is 6.92 Å². The maximum Gasteiger partial charge on any atom is 0.238 e. The van der Waals surface area contributed by atoms with Crippen LogP contribution in [0, 0.1) is 0 Å². The van der Waals surface area contributed by atoms with Gasteiger partial charge < -0.3 is 16.2 Å². The van der Waals surface area contributed by atoms with E-state index in [4.69, 9.17) is 10.8 Å². The summed E-state index contributed by atoms with van der Waals surface area (Å²) >= 11 is 0. The summed E-state index contributed by atoms with van der Waals surface area (Å²) in [6, 6.07) is 7.13. The van der Waals surface area contributed by atoms with Crippen LogP contribution in [-0.2, 0) is 4.79 Å². The van der Waals surface area contributed by atoms with Crippen LogP contribution in [0.3, 0.4) is 0 Å². The number of rotatable bonds is 6. The zero-order chi connectivity index (χ0) is 12.7. The predicted octanol–water partition coefficient (Wildman–Crippen LogP) is 0.521. The van der Waals surface area contributed by atoms with E-state index in [0.717, 1.165) is 6.54 Å². The van der Waals surface area contributed by atoms with E-state index < -0.39 is 0 Å². The number of nitrogens with zero attached hydrogens (tertiary/aromatic N) is 1. The third kappa shape index (κ3) is 4.42. The van der Waals surface area contributed by atoms with Crippen LogP contribution in [0.15, 0.2) is 24.3 Å². The molecule has 1 amide bonds. The van der Waals surface area contributed by atoms with Gasteiger partial charge in [0.25, 0.3) is 0 Å². The Balaban J connectivity index is 2.52. The number of benzene rings is 1. The Morgan fingerprint density at radius 1 is 1.47 bits per heavy atom. The minimum absolute atomic E-state index is 0.0502. The highest BCUT2D eigenvalue weighted by Gasteiger charge is 2.09. The summed E-state index contributed by atoms with van der Waals surface area (Å²) in [4.78, 5) is 13.6. The number of anilines is 2. The molecule has 94 valence electrons. The van der Waals surface area contributed by atoms with Gasteiger partial charge in [0.15, 0.2) is 0 Å². The van der Waals surface area contributed by atoms with Gasteiger partial charge >= 0.3 is 0 Å². The van der Waals surface area contributed by atoms with E-state index in [-0.39, 0.29) is 19.1 Å². The van der Waals surface area contributed by atoms with Crippen molar-refractivity contribution in [3.8, 4) is 0 Å². The van der Waals surface area contributed by atoms with Crippen LogP contribution in [0.2, 0.25) is 0 Å². The molecule has 0 aromatic heterocycles. The number of carbonyl (C=O) groups is 1. The third-order valence-electron chi connectivity index (χ3n) is 2.47. The molecule has 0 aliphatic rings. The van der Waals surface area contributed by atoms with Crippen molar-refractivity contribution in [3.05, 3.63) is 24.3 Å². The topological polar surface area (TPSA) is 78.6 Å². The van der Waals surface area contributed by atoms with E-state index in [0.29, 0.717) is 17.9 Å². The molecule has 1 aromatic carbocycles. The predicted molar refractivity (Wildman–Crippen MR) is 68.7 cm³/mol. The lowest BCUT2D eigenvalue weighted by Crippen LogP contribution is -2.35. The highest BCUT2D eigenvalue weighted by atomic mass is 16.3. The van der Waals surface area contributed by atoms with Gasteiger partial charge in [0.1, 0.15) is 0 Å². The Morgan fingerprint density at radius 3 is 2.76 bits per heavy atom. The number of amides is 1. The second kappa shape index (κ2) is 6.88. The number of nitrogens with two attached hydrogens (primary N) is 1. The normalized spacial score (nSPS) is 10.5. The van der Waals surface area contributed by atoms with Gasteiger partial charge in [0, 0.05) is 6.54 Å². The average molecular weight is 237 g/mol. The van der Waals surface area contributed by atoms with E-state index in [1.807, 2.05) is 24.0 Å². The molecule has 17 heavy (non-hydrogen) atoms. The molecule has 1 rings (SSSR count). The fraction of sp³-hybridized carbons (Fsp3) is 0.417. The summed E-state index contributed by atoms with van der Waals surface area (Å²) in [7, 11) is 0. The first kappa shape index (κ1) is 13.5. The molecule has 0 aliphatic heterocycles.